The molecule has 27 heavy (non-hydrogen) atoms. The molecule has 0 fully saturated rings. The zero-order valence-corrected chi connectivity index (χ0v) is 17.6. The number of amides is 2. The van der Waals surface area contributed by atoms with Gasteiger partial charge in [-0.25, -0.2) is 9.78 Å². The molecule has 1 heterocycles. The first kappa shape index (κ1) is 23.0. The number of hydrogen-bond acceptors (Lipinski definition) is 4. The molecule has 1 aromatic carbocycles. The minimum atomic E-state index is -1.44. The van der Waals surface area contributed by atoms with Crippen molar-refractivity contribution in [3.8, 4) is 5.75 Å². The molecule has 1 unspecified atom stereocenters. The van der Waals surface area contributed by atoms with Crippen LogP contribution in [0.1, 0.15) is 26.3 Å². The Labute approximate surface area is 170 Å². The lowest BCUT2D eigenvalue weighted by atomic mass is 10.0. The summed E-state index contributed by atoms with van der Waals surface area (Å²) in [5, 5.41) is 20.4. The number of pyridine rings is 1. The van der Waals surface area contributed by atoms with E-state index in [0.717, 1.165) is 5.56 Å². The number of rotatable bonds is 4. The molecule has 148 valence electrons. The maximum absolute atomic E-state index is 12.7. The van der Waals surface area contributed by atoms with Gasteiger partial charge >= 0.3 is 6.03 Å². The summed E-state index contributed by atoms with van der Waals surface area (Å²) in [5.41, 5.74) is -0.203. The fourth-order valence-corrected chi connectivity index (χ4v) is 2.76. The van der Waals surface area contributed by atoms with Crippen molar-refractivity contribution in [2.24, 2.45) is 0 Å². The quantitative estimate of drug-likeness (QED) is 0.568. The molecule has 1 atom stereocenters. The molecular weight excluding hydrogens is 389 g/mol. The first-order valence-corrected chi connectivity index (χ1v) is 9.20. The van der Waals surface area contributed by atoms with E-state index >= 15 is 0 Å². The number of aromatic hydroxyl groups is 1. The maximum atomic E-state index is 12.7. The SMILES string of the molecule is CC.CN(C(=O)N(C)C(C)(O)Cc1ccc(O)cc1)c1cc(Cl)nc(Cl)c1. The van der Waals surface area contributed by atoms with Gasteiger partial charge in [-0.2, -0.15) is 0 Å². The third-order valence-corrected chi connectivity index (χ3v) is 4.29. The first-order chi connectivity index (χ1) is 12.6. The van der Waals surface area contributed by atoms with Gasteiger partial charge in [-0.1, -0.05) is 49.2 Å². The van der Waals surface area contributed by atoms with Crippen LogP contribution in [0, 0.1) is 0 Å². The molecule has 2 aromatic rings. The van der Waals surface area contributed by atoms with Crippen molar-refractivity contribution in [3.05, 3.63) is 52.3 Å². The van der Waals surface area contributed by atoms with Gasteiger partial charge in [0, 0.05) is 20.5 Å². The normalized spacial score (nSPS) is 12.4. The zero-order chi connectivity index (χ0) is 20.8. The van der Waals surface area contributed by atoms with Gasteiger partial charge in [-0.05, 0) is 36.8 Å². The smallest absolute Gasteiger partial charge is 0.326 e. The second-order valence-electron chi connectivity index (χ2n) is 5.93. The number of anilines is 1. The second-order valence-corrected chi connectivity index (χ2v) is 6.71. The standard InChI is InChI=1S/C17H19Cl2N3O3.C2H6/c1-17(25,10-11-4-6-13(23)7-5-11)22(3)16(24)21(2)12-8-14(18)20-15(19)9-12;1-2/h4-9,23,25H,10H2,1-3H3;1-2H3. The van der Waals surface area contributed by atoms with E-state index in [4.69, 9.17) is 23.2 Å². The van der Waals surface area contributed by atoms with Crippen LogP contribution in [-0.2, 0) is 6.42 Å². The lowest BCUT2D eigenvalue weighted by molar-refractivity contribution is -0.0510. The number of nitrogens with zero attached hydrogens (tertiary/aromatic N) is 3. The lowest BCUT2D eigenvalue weighted by Crippen LogP contribution is -2.53. The monoisotopic (exact) mass is 413 g/mol. The highest BCUT2D eigenvalue weighted by Gasteiger charge is 2.32. The van der Waals surface area contributed by atoms with Gasteiger partial charge in [-0.3, -0.25) is 9.80 Å². The van der Waals surface area contributed by atoms with Crippen molar-refractivity contribution in [1.29, 1.82) is 0 Å². The first-order valence-electron chi connectivity index (χ1n) is 8.45. The van der Waals surface area contributed by atoms with Crippen molar-refractivity contribution in [2.75, 3.05) is 19.0 Å². The van der Waals surface area contributed by atoms with Gasteiger partial charge in [0.05, 0.1) is 5.69 Å². The minimum Gasteiger partial charge on any atom is -0.508 e. The Hall–Kier alpha value is -2.02. The fraction of sp³-hybridized carbons (Fsp3) is 0.368. The Bertz CT molecular complexity index is 747. The van der Waals surface area contributed by atoms with Crippen LogP contribution < -0.4 is 4.90 Å². The van der Waals surface area contributed by atoms with Crippen LogP contribution in [0.3, 0.4) is 0 Å². The van der Waals surface area contributed by atoms with E-state index in [-0.39, 0.29) is 22.5 Å². The molecule has 1 aromatic heterocycles. The van der Waals surface area contributed by atoms with Crippen LogP contribution in [0.15, 0.2) is 36.4 Å². The van der Waals surface area contributed by atoms with E-state index in [1.54, 1.807) is 19.2 Å². The highest BCUT2D eigenvalue weighted by molar-refractivity contribution is 6.33. The number of carbonyl (C=O) groups is 1. The lowest BCUT2D eigenvalue weighted by Gasteiger charge is -2.36. The fourth-order valence-electron chi connectivity index (χ4n) is 2.31. The third kappa shape index (κ3) is 6.27. The van der Waals surface area contributed by atoms with Crippen LogP contribution in [0.5, 0.6) is 5.75 Å². The Kier molecular flexibility index (Phi) is 8.34. The van der Waals surface area contributed by atoms with Gasteiger partial charge in [-0.15, -0.1) is 0 Å². The number of urea groups is 1. The van der Waals surface area contributed by atoms with Gasteiger partial charge in [0.1, 0.15) is 21.8 Å². The Morgan fingerprint density at radius 1 is 1.11 bits per heavy atom. The number of phenols is 1. The summed E-state index contributed by atoms with van der Waals surface area (Å²) in [6.07, 6.45) is 0.196. The predicted molar refractivity (Wildman–Crippen MR) is 110 cm³/mol. The van der Waals surface area contributed by atoms with E-state index in [1.807, 2.05) is 13.8 Å². The minimum absolute atomic E-state index is 0.138. The number of halogens is 2. The van der Waals surface area contributed by atoms with Gasteiger partial charge in [0.25, 0.3) is 0 Å². The van der Waals surface area contributed by atoms with Gasteiger partial charge in [0.15, 0.2) is 0 Å². The van der Waals surface area contributed by atoms with Crippen molar-refractivity contribution < 1.29 is 15.0 Å². The van der Waals surface area contributed by atoms with E-state index in [2.05, 4.69) is 4.98 Å². The van der Waals surface area contributed by atoms with Crippen LogP contribution in [0.2, 0.25) is 10.3 Å². The van der Waals surface area contributed by atoms with E-state index in [0.29, 0.717) is 5.69 Å². The summed E-state index contributed by atoms with van der Waals surface area (Å²) in [4.78, 5) is 19.1. The molecule has 0 saturated carbocycles. The van der Waals surface area contributed by atoms with Crippen molar-refractivity contribution in [1.82, 2.24) is 9.88 Å². The van der Waals surface area contributed by atoms with Crippen LogP contribution >= 0.6 is 23.2 Å². The highest BCUT2D eigenvalue weighted by Crippen LogP contribution is 2.25. The molecule has 2 N–H and O–H groups in total. The number of aromatic nitrogens is 1. The summed E-state index contributed by atoms with van der Waals surface area (Å²) >= 11 is 11.7. The molecular formula is C19H25Cl2N3O3. The second kappa shape index (κ2) is 9.78. The third-order valence-electron chi connectivity index (χ3n) is 3.91. The van der Waals surface area contributed by atoms with Gasteiger partial charge < -0.3 is 10.2 Å². The van der Waals surface area contributed by atoms with E-state index in [1.165, 1.54) is 48.0 Å². The molecule has 8 heteroatoms. The summed E-state index contributed by atoms with van der Waals surface area (Å²) in [6, 6.07) is 9.01. The Morgan fingerprint density at radius 2 is 1.59 bits per heavy atom. The number of benzene rings is 1. The molecule has 0 spiro atoms. The molecule has 0 aliphatic carbocycles. The van der Waals surface area contributed by atoms with Crippen LogP contribution in [-0.4, -0.2) is 45.9 Å². The van der Waals surface area contributed by atoms with Crippen molar-refractivity contribution in [2.45, 2.75) is 32.9 Å². The number of carbonyl (C=O) groups excluding carboxylic acids is 1. The molecule has 0 bridgehead atoms. The number of aliphatic hydroxyl groups is 1. The topological polar surface area (TPSA) is 76.9 Å². The largest absolute Gasteiger partial charge is 0.508 e. The summed E-state index contributed by atoms with van der Waals surface area (Å²) in [5.74, 6) is 0.138. The van der Waals surface area contributed by atoms with Crippen molar-refractivity contribution >= 4 is 34.9 Å². The molecule has 0 saturated heterocycles. The summed E-state index contributed by atoms with van der Waals surface area (Å²) in [7, 11) is 3.06. The summed E-state index contributed by atoms with van der Waals surface area (Å²) < 4.78 is 0. The number of likely N-dealkylation sites (N-methyl/N-ethyl adjacent to an activating group) is 1. The summed E-state index contributed by atoms with van der Waals surface area (Å²) in [6.45, 7) is 5.54. The molecule has 2 rings (SSSR count). The van der Waals surface area contributed by atoms with Crippen LogP contribution in [0.4, 0.5) is 10.5 Å². The molecule has 6 nitrogen and oxygen atoms in total. The van der Waals surface area contributed by atoms with E-state index < -0.39 is 11.8 Å². The number of hydrogen-bond donors (Lipinski definition) is 2. The average Bonchev–Trinajstić information content (AvgIpc) is 2.62. The Balaban J connectivity index is 0.00000176. The highest BCUT2D eigenvalue weighted by atomic mass is 35.5. The molecule has 0 aliphatic heterocycles. The predicted octanol–water partition coefficient (Wildman–Crippen LogP) is 4.56. The number of phenolic OH excluding ortho intramolecular Hbond substituents is 1. The maximum Gasteiger partial charge on any atom is 0.326 e. The van der Waals surface area contributed by atoms with E-state index in [9.17, 15) is 15.0 Å². The Morgan fingerprint density at radius 3 is 2.07 bits per heavy atom. The van der Waals surface area contributed by atoms with Crippen LogP contribution in [0.25, 0.3) is 0 Å². The van der Waals surface area contributed by atoms with Crippen molar-refractivity contribution in [3.63, 3.8) is 0 Å². The van der Waals surface area contributed by atoms with Gasteiger partial charge in [0.2, 0.25) is 0 Å². The molecule has 0 radical (unpaired) electrons. The zero-order valence-electron chi connectivity index (χ0n) is 16.1. The molecule has 2 amide bonds. The molecule has 0 aliphatic rings. The average molecular weight is 414 g/mol.